The maximum Gasteiger partial charge on any atom is 0.251 e. The average molecular weight is 348 g/mol. The number of hydrogen-bond donors (Lipinski definition) is 1. The van der Waals surface area contributed by atoms with Crippen LogP contribution in [-0.4, -0.2) is 63.8 Å². The number of ether oxygens (including phenoxy) is 1. The molecular formula is C20H33N3O2. The summed E-state index contributed by atoms with van der Waals surface area (Å²) in [4.78, 5) is 17.1. The fourth-order valence-corrected chi connectivity index (χ4v) is 3.36. The van der Waals surface area contributed by atoms with Crippen molar-refractivity contribution in [3.8, 4) is 0 Å². The summed E-state index contributed by atoms with van der Waals surface area (Å²) in [6.07, 6.45) is 2.09. The van der Waals surface area contributed by atoms with Gasteiger partial charge in [0, 0.05) is 64.2 Å². The molecule has 0 aliphatic carbocycles. The second-order valence-electron chi connectivity index (χ2n) is 7.14. The summed E-state index contributed by atoms with van der Waals surface area (Å²) in [6.45, 7) is 9.05. The van der Waals surface area contributed by atoms with Gasteiger partial charge in [0.15, 0.2) is 0 Å². The van der Waals surface area contributed by atoms with Crippen LogP contribution in [0.2, 0.25) is 0 Å². The van der Waals surface area contributed by atoms with Crippen LogP contribution in [0.4, 0.5) is 5.69 Å². The fraction of sp³-hybridized carbons (Fsp3) is 0.650. The van der Waals surface area contributed by atoms with Crippen molar-refractivity contribution >= 4 is 11.6 Å². The first-order valence-corrected chi connectivity index (χ1v) is 9.39. The number of rotatable bonds is 8. The van der Waals surface area contributed by atoms with Gasteiger partial charge in [-0.3, -0.25) is 4.79 Å². The predicted octanol–water partition coefficient (Wildman–Crippen LogP) is 2.62. The van der Waals surface area contributed by atoms with E-state index in [1.54, 1.807) is 0 Å². The van der Waals surface area contributed by atoms with Gasteiger partial charge in [-0.1, -0.05) is 13.0 Å². The lowest BCUT2D eigenvalue weighted by Gasteiger charge is -2.37. The number of amides is 1. The van der Waals surface area contributed by atoms with E-state index in [4.69, 9.17) is 4.74 Å². The highest BCUT2D eigenvalue weighted by Gasteiger charge is 2.27. The Hall–Kier alpha value is -1.59. The van der Waals surface area contributed by atoms with Crippen LogP contribution in [0.15, 0.2) is 24.3 Å². The van der Waals surface area contributed by atoms with E-state index in [0.717, 1.165) is 56.9 Å². The molecule has 1 amide bonds. The Morgan fingerprint density at radius 2 is 2.20 bits per heavy atom. The zero-order chi connectivity index (χ0) is 18.2. The number of carbonyl (C=O) groups is 1. The molecule has 0 unspecified atom stereocenters. The number of nitrogens with zero attached hydrogens (tertiary/aromatic N) is 2. The summed E-state index contributed by atoms with van der Waals surface area (Å²) in [6, 6.07) is 8.03. The van der Waals surface area contributed by atoms with E-state index in [0.29, 0.717) is 5.92 Å². The molecule has 0 saturated carbocycles. The molecule has 1 heterocycles. The van der Waals surface area contributed by atoms with Crippen LogP contribution in [0.5, 0.6) is 0 Å². The van der Waals surface area contributed by atoms with Crippen LogP contribution in [0.3, 0.4) is 0 Å². The summed E-state index contributed by atoms with van der Waals surface area (Å²) >= 11 is 0. The van der Waals surface area contributed by atoms with Crippen molar-refractivity contribution in [2.24, 2.45) is 5.92 Å². The molecule has 5 nitrogen and oxygen atoms in total. The number of hydrogen-bond acceptors (Lipinski definition) is 4. The average Bonchev–Trinajstić information content (AvgIpc) is 2.61. The largest absolute Gasteiger partial charge is 0.382 e. The van der Waals surface area contributed by atoms with Crippen LogP contribution < -0.4 is 10.2 Å². The minimum atomic E-state index is 0.0327. The first-order valence-electron chi connectivity index (χ1n) is 9.39. The standard InChI is InChI=1S/C20H33N3O2/c1-5-25-13-7-11-23-12-10-19(16(2)15-23)21-20(24)17-8-6-9-18(14-17)22(3)4/h6,8-9,14,16,19H,5,7,10-13,15H2,1-4H3,(H,21,24)/t16-,19+/m0/s1. The molecule has 1 aromatic carbocycles. The third-order valence-corrected chi connectivity index (χ3v) is 4.90. The maximum atomic E-state index is 12.6. The van der Waals surface area contributed by atoms with E-state index in [9.17, 15) is 4.79 Å². The highest BCUT2D eigenvalue weighted by Crippen LogP contribution is 2.19. The lowest BCUT2D eigenvalue weighted by molar-refractivity contribution is 0.0843. The van der Waals surface area contributed by atoms with Crippen molar-refractivity contribution in [2.45, 2.75) is 32.7 Å². The Kier molecular flexibility index (Phi) is 7.72. The second kappa shape index (κ2) is 9.78. The Morgan fingerprint density at radius 1 is 1.40 bits per heavy atom. The van der Waals surface area contributed by atoms with Crippen molar-refractivity contribution in [2.75, 3.05) is 51.8 Å². The summed E-state index contributed by atoms with van der Waals surface area (Å²) in [7, 11) is 3.97. The molecule has 2 rings (SSSR count). The van der Waals surface area contributed by atoms with Gasteiger partial charge in [-0.15, -0.1) is 0 Å². The van der Waals surface area contributed by atoms with Gasteiger partial charge < -0.3 is 19.9 Å². The van der Waals surface area contributed by atoms with Crippen LogP contribution in [-0.2, 0) is 4.74 Å². The molecule has 140 valence electrons. The third kappa shape index (κ3) is 6.01. The molecule has 1 N–H and O–H groups in total. The van der Waals surface area contributed by atoms with Gasteiger partial charge >= 0.3 is 0 Å². The summed E-state index contributed by atoms with van der Waals surface area (Å²) < 4.78 is 5.41. The topological polar surface area (TPSA) is 44.8 Å². The van der Waals surface area contributed by atoms with E-state index < -0.39 is 0 Å². The quantitative estimate of drug-likeness (QED) is 0.734. The van der Waals surface area contributed by atoms with Gasteiger partial charge in [-0.05, 0) is 43.9 Å². The molecule has 0 radical (unpaired) electrons. The molecule has 0 aromatic heterocycles. The smallest absolute Gasteiger partial charge is 0.251 e. The van der Waals surface area contributed by atoms with Crippen LogP contribution >= 0.6 is 0 Å². The highest BCUT2D eigenvalue weighted by molar-refractivity contribution is 5.95. The normalized spacial score (nSPS) is 21.1. The molecule has 1 fully saturated rings. The van der Waals surface area contributed by atoms with Crippen molar-refractivity contribution < 1.29 is 9.53 Å². The van der Waals surface area contributed by atoms with E-state index in [2.05, 4.69) is 17.1 Å². The Labute approximate surface area is 152 Å². The van der Waals surface area contributed by atoms with Crippen molar-refractivity contribution in [3.63, 3.8) is 0 Å². The number of likely N-dealkylation sites (tertiary alicyclic amines) is 1. The Bertz CT molecular complexity index is 547. The monoisotopic (exact) mass is 347 g/mol. The third-order valence-electron chi connectivity index (χ3n) is 4.90. The van der Waals surface area contributed by atoms with Gasteiger partial charge in [0.25, 0.3) is 5.91 Å². The van der Waals surface area contributed by atoms with Crippen LogP contribution in [0.25, 0.3) is 0 Å². The molecule has 1 saturated heterocycles. The molecule has 1 aliphatic rings. The minimum absolute atomic E-state index is 0.0327. The van der Waals surface area contributed by atoms with E-state index >= 15 is 0 Å². The molecule has 0 bridgehead atoms. The van der Waals surface area contributed by atoms with E-state index in [1.807, 2.05) is 50.2 Å². The van der Waals surface area contributed by atoms with Crippen LogP contribution in [0.1, 0.15) is 37.0 Å². The Morgan fingerprint density at radius 3 is 2.88 bits per heavy atom. The summed E-state index contributed by atoms with van der Waals surface area (Å²) in [5.41, 5.74) is 1.78. The van der Waals surface area contributed by atoms with E-state index in [1.165, 1.54) is 0 Å². The number of nitrogens with one attached hydrogen (secondary N) is 1. The molecule has 0 spiro atoms. The predicted molar refractivity (Wildman–Crippen MR) is 103 cm³/mol. The van der Waals surface area contributed by atoms with Gasteiger partial charge in [-0.2, -0.15) is 0 Å². The molecule has 1 aliphatic heterocycles. The van der Waals surface area contributed by atoms with Crippen molar-refractivity contribution in [3.05, 3.63) is 29.8 Å². The zero-order valence-electron chi connectivity index (χ0n) is 16.1. The van der Waals surface area contributed by atoms with E-state index in [-0.39, 0.29) is 11.9 Å². The van der Waals surface area contributed by atoms with Crippen molar-refractivity contribution in [1.29, 1.82) is 0 Å². The number of benzene rings is 1. The number of piperidine rings is 1. The lowest BCUT2D eigenvalue weighted by atomic mass is 9.93. The SMILES string of the molecule is CCOCCCN1CC[C@@H](NC(=O)c2cccc(N(C)C)c2)[C@@H](C)C1. The van der Waals surface area contributed by atoms with Crippen LogP contribution in [0, 0.1) is 5.92 Å². The maximum absolute atomic E-state index is 12.6. The molecule has 1 aromatic rings. The first-order chi connectivity index (χ1) is 12.0. The fourth-order valence-electron chi connectivity index (χ4n) is 3.36. The van der Waals surface area contributed by atoms with Gasteiger partial charge in [0.05, 0.1) is 0 Å². The molecular weight excluding hydrogens is 314 g/mol. The number of anilines is 1. The van der Waals surface area contributed by atoms with Gasteiger partial charge in [-0.25, -0.2) is 0 Å². The van der Waals surface area contributed by atoms with Crippen molar-refractivity contribution in [1.82, 2.24) is 10.2 Å². The second-order valence-corrected chi connectivity index (χ2v) is 7.14. The molecule has 2 atom stereocenters. The zero-order valence-corrected chi connectivity index (χ0v) is 16.1. The summed E-state index contributed by atoms with van der Waals surface area (Å²) in [5.74, 6) is 0.493. The minimum Gasteiger partial charge on any atom is -0.382 e. The molecule has 25 heavy (non-hydrogen) atoms. The first kappa shape index (κ1) is 19.7. The lowest BCUT2D eigenvalue weighted by Crippen LogP contribution is -2.50. The Balaban J connectivity index is 1.83. The number of carbonyl (C=O) groups excluding carboxylic acids is 1. The van der Waals surface area contributed by atoms with Gasteiger partial charge in [0.1, 0.15) is 0 Å². The highest BCUT2D eigenvalue weighted by atomic mass is 16.5. The molecule has 5 heteroatoms. The summed E-state index contributed by atoms with van der Waals surface area (Å²) in [5, 5.41) is 3.24. The van der Waals surface area contributed by atoms with Gasteiger partial charge in [0.2, 0.25) is 0 Å².